The van der Waals surface area contributed by atoms with Crippen LogP contribution >= 0.6 is 0 Å². The summed E-state index contributed by atoms with van der Waals surface area (Å²) in [5.41, 5.74) is 9.81. The van der Waals surface area contributed by atoms with Crippen molar-refractivity contribution >= 4 is 0 Å². The first-order chi connectivity index (χ1) is 1.91. The minimum atomic E-state index is 0. The van der Waals surface area contributed by atoms with E-state index in [0.717, 1.165) is 0 Å². The molecule has 9 heavy (non-hydrogen) atoms. The second-order valence-electron chi connectivity index (χ2n) is 0.577. The Kier molecular flexibility index (Phi) is 251. The van der Waals surface area contributed by atoms with Crippen molar-refractivity contribution in [2.24, 2.45) is 11.5 Å². The predicted octanol–water partition coefficient (Wildman–Crippen LogP) is -0.944. The van der Waals surface area contributed by atoms with Gasteiger partial charge in [-0.1, -0.05) is 0 Å². The molecule has 0 aromatic carbocycles. The van der Waals surface area contributed by atoms with Crippen LogP contribution in [0.15, 0.2) is 0 Å². The summed E-state index contributed by atoms with van der Waals surface area (Å²) in [6, 6.07) is 0. The Morgan fingerprint density at radius 2 is 0.778 bits per heavy atom. The molecule has 54 valence electrons. The molecule has 0 bridgehead atoms. The molecule has 0 aliphatic carbocycles. The zero-order chi connectivity index (χ0) is 3.41. The maximum atomic E-state index is 4.90. The summed E-state index contributed by atoms with van der Waals surface area (Å²) >= 11 is 0. The fourth-order valence-electron chi connectivity index (χ4n) is 0. The maximum absolute atomic E-state index is 4.90. The average Bonchev–Trinajstić information content (AvgIpc) is 1.37. The van der Waals surface area contributed by atoms with E-state index in [-0.39, 0.29) is 74.4 Å². The van der Waals surface area contributed by atoms with Gasteiger partial charge in [0.2, 0.25) is 0 Å². The fourth-order valence-corrected chi connectivity index (χ4v) is 0. The summed E-state index contributed by atoms with van der Waals surface area (Å²) in [6.07, 6.45) is 0. The molecule has 0 saturated heterocycles. The Balaban J connectivity index is -0.00000000450. The Morgan fingerprint density at radius 3 is 0.778 bits per heavy atom. The van der Waals surface area contributed by atoms with Gasteiger partial charge in [0.05, 0.1) is 0 Å². The van der Waals surface area contributed by atoms with E-state index in [1.807, 2.05) is 0 Å². The molecule has 0 aliphatic heterocycles. The van der Waals surface area contributed by atoms with Gasteiger partial charge in [0.25, 0.3) is 0 Å². The van der Waals surface area contributed by atoms with Crippen molar-refractivity contribution < 1.29 is 68.3 Å². The smallest absolute Gasteiger partial charge is 0.344 e. The molecule has 0 spiro atoms. The van der Waals surface area contributed by atoms with E-state index in [1.54, 1.807) is 0 Å². The minimum Gasteiger partial charge on any atom is -0.344 e. The van der Waals surface area contributed by atoms with Gasteiger partial charge in [-0.2, -0.15) is 0 Å². The molecule has 0 atom stereocenters. The van der Waals surface area contributed by atoms with Crippen LogP contribution in [0.25, 0.3) is 0 Å². The van der Waals surface area contributed by atoms with E-state index in [0.29, 0.717) is 13.1 Å². The Labute approximate surface area is 98.3 Å². The third kappa shape index (κ3) is 72.1. The van der Waals surface area contributed by atoms with E-state index in [1.165, 1.54) is 0 Å². The first-order valence-corrected chi connectivity index (χ1v) is 1.32. The van der Waals surface area contributed by atoms with E-state index >= 15 is 0 Å². The van der Waals surface area contributed by atoms with Crippen LogP contribution in [0.2, 0.25) is 0 Å². The molecule has 3 nitrogen and oxygen atoms in total. The first kappa shape index (κ1) is 44.2. The molecule has 0 unspecified atom stereocenters. The SMILES string of the molecule is N.NCCN.[Fe+3].[Fe+3].[Fe+3].[Fe+3]. The van der Waals surface area contributed by atoms with E-state index in [2.05, 4.69) is 0 Å². The maximum Gasteiger partial charge on any atom is 3.00 e. The second-order valence-corrected chi connectivity index (χ2v) is 0.577. The molecular formula is C2H11Fe4N3+12. The summed E-state index contributed by atoms with van der Waals surface area (Å²) in [7, 11) is 0. The molecule has 0 amide bonds. The van der Waals surface area contributed by atoms with Gasteiger partial charge >= 0.3 is 68.3 Å². The summed E-state index contributed by atoms with van der Waals surface area (Å²) in [5.74, 6) is 0. The van der Waals surface area contributed by atoms with Gasteiger partial charge in [0, 0.05) is 13.1 Å². The van der Waals surface area contributed by atoms with Crippen molar-refractivity contribution in [2.75, 3.05) is 13.1 Å². The van der Waals surface area contributed by atoms with Gasteiger partial charge in [0.15, 0.2) is 0 Å². The molecule has 0 fully saturated rings. The van der Waals surface area contributed by atoms with E-state index in [9.17, 15) is 0 Å². The Morgan fingerprint density at radius 1 is 0.667 bits per heavy atom. The van der Waals surface area contributed by atoms with Gasteiger partial charge in [0.1, 0.15) is 0 Å². The first-order valence-electron chi connectivity index (χ1n) is 1.32. The van der Waals surface area contributed by atoms with Gasteiger partial charge in [-0.15, -0.1) is 0 Å². The van der Waals surface area contributed by atoms with Crippen LogP contribution in [-0.4, -0.2) is 13.1 Å². The number of hydrogen-bond donors (Lipinski definition) is 3. The average molecular weight is 301 g/mol. The van der Waals surface area contributed by atoms with Crippen molar-refractivity contribution in [3.05, 3.63) is 0 Å². The summed E-state index contributed by atoms with van der Waals surface area (Å²) in [5, 5.41) is 0. The van der Waals surface area contributed by atoms with E-state index < -0.39 is 0 Å². The number of rotatable bonds is 1. The van der Waals surface area contributed by atoms with Crippen molar-refractivity contribution in [1.82, 2.24) is 6.15 Å². The zero-order valence-electron chi connectivity index (χ0n) is 4.69. The second kappa shape index (κ2) is 51.0. The molecule has 7 heteroatoms. The van der Waals surface area contributed by atoms with Gasteiger partial charge in [-0.3, -0.25) is 0 Å². The van der Waals surface area contributed by atoms with Crippen LogP contribution in [-0.2, 0) is 68.3 Å². The fraction of sp³-hybridized carbons (Fsp3) is 1.00. The van der Waals surface area contributed by atoms with Crippen molar-refractivity contribution in [3.8, 4) is 0 Å². The molecule has 0 aliphatic rings. The monoisotopic (exact) mass is 301 g/mol. The summed E-state index contributed by atoms with van der Waals surface area (Å²) in [4.78, 5) is 0. The number of nitrogens with two attached hydrogens (primary N) is 2. The van der Waals surface area contributed by atoms with Gasteiger partial charge < -0.3 is 17.6 Å². The molecule has 0 heterocycles. The van der Waals surface area contributed by atoms with Crippen molar-refractivity contribution in [3.63, 3.8) is 0 Å². The largest absolute Gasteiger partial charge is 3.00 e. The van der Waals surface area contributed by atoms with Crippen LogP contribution < -0.4 is 17.6 Å². The number of hydrogen-bond acceptors (Lipinski definition) is 3. The Hall–Kier alpha value is 1.96. The van der Waals surface area contributed by atoms with Crippen LogP contribution in [0, 0.1) is 0 Å². The normalized spacial score (nSPS) is 3.33. The summed E-state index contributed by atoms with van der Waals surface area (Å²) < 4.78 is 0. The molecule has 0 aromatic heterocycles. The molecule has 0 rings (SSSR count). The summed E-state index contributed by atoms with van der Waals surface area (Å²) in [6.45, 7) is 1.19. The molecule has 7 N–H and O–H groups in total. The predicted molar refractivity (Wildman–Crippen MR) is 23.1 cm³/mol. The Bertz CT molecular complexity index is 15.8. The zero-order valence-corrected chi connectivity index (χ0v) is 9.11. The van der Waals surface area contributed by atoms with Gasteiger partial charge in [-0.25, -0.2) is 0 Å². The van der Waals surface area contributed by atoms with E-state index in [4.69, 9.17) is 11.5 Å². The molecule has 4 radical (unpaired) electrons. The topological polar surface area (TPSA) is 87.0 Å². The van der Waals surface area contributed by atoms with Crippen LogP contribution in [0.1, 0.15) is 0 Å². The third-order valence-electron chi connectivity index (χ3n) is 0.167. The minimum absolute atomic E-state index is 0. The van der Waals surface area contributed by atoms with Crippen molar-refractivity contribution in [2.45, 2.75) is 0 Å². The standard InChI is InChI=1S/C2H8N2.4Fe.H3N/c3-1-2-4;;;;;/h1-4H2;;;;;1H3/q;4*+3;. The van der Waals surface area contributed by atoms with Gasteiger partial charge in [-0.05, 0) is 0 Å². The third-order valence-corrected chi connectivity index (χ3v) is 0.167. The molecular weight excluding hydrogens is 289 g/mol. The quantitative estimate of drug-likeness (QED) is 0.546. The van der Waals surface area contributed by atoms with Crippen LogP contribution in [0.5, 0.6) is 0 Å². The van der Waals surface area contributed by atoms with Crippen molar-refractivity contribution in [1.29, 1.82) is 0 Å². The molecule has 0 saturated carbocycles. The molecule has 0 aromatic rings. The van der Waals surface area contributed by atoms with Crippen LogP contribution in [0.4, 0.5) is 0 Å². The van der Waals surface area contributed by atoms with Crippen LogP contribution in [0.3, 0.4) is 0 Å².